The van der Waals surface area contributed by atoms with Gasteiger partial charge in [0.2, 0.25) is 0 Å². The summed E-state index contributed by atoms with van der Waals surface area (Å²) in [7, 11) is -1.91. The molecule has 2 rings (SSSR count). The van der Waals surface area contributed by atoms with Crippen LogP contribution in [0, 0.1) is 5.92 Å². The number of piperidine rings is 1. The summed E-state index contributed by atoms with van der Waals surface area (Å²) >= 11 is 0. The molecular formula is C11H18N4O4S. The minimum absolute atomic E-state index is 0.0220. The molecule has 0 radical (unpaired) electrons. The molecule has 1 aliphatic rings. The van der Waals surface area contributed by atoms with E-state index in [1.807, 2.05) is 0 Å². The fourth-order valence-electron chi connectivity index (χ4n) is 2.40. The lowest BCUT2D eigenvalue weighted by Gasteiger charge is -2.30. The third kappa shape index (κ3) is 2.58. The average Bonchev–Trinajstić information content (AvgIpc) is 2.65. The highest BCUT2D eigenvalue weighted by molar-refractivity contribution is 7.91. The number of hydrogen-bond donors (Lipinski definition) is 2. The number of carbonyl (C=O) groups is 1. The van der Waals surface area contributed by atoms with Crippen LogP contribution in [0.3, 0.4) is 0 Å². The molecular weight excluding hydrogens is 284 g/mol. The van der Waals surface area contributed by atoms with Crippen molar-refractivity contribution < 1.29 is 18.3 Å². The molecule has 8 nitrogen and oxygen atoms in total. The zero-order valence-electron chi connectivity index (χ0n) is 11.4. The van der Waals surface area contributed by atoms with Crippen LogP contribution in [-0.2, 0) is 21.7 Å². The second-order valence-corrected chi connectivity index (χ2v) is 6.99. The summed E-state index contributed by atoms with van der Waals surface area (Å²) in [5.74, 6) is -0.776. The molecule has 0 amide bonds. The molecule has 1 aromatic heterocycles. The molecule has 1 saturated heterocycles. The summed E-state index contributed by atoms with van der Waals surface area (Å²) in [6.45, 7) is 0.909. The Morgan fingerprint density at radius 3 is 2.40 bits per heavy atom. The Morgan fingerprint density at radius 2 is 1.95 bits per heavy atom. The van der Waals surface area contributed by atoms with Gasteiger partial charge in [-0.25, -0.2) is 13.1 Å². The van der Waals surface area contributed by atoms with Gasteiger partial charge in [-0.2, -0.15) is 5.10 Å². The van der Waals surface area contributed by atoms with E-state index < -0.39 is 15.8 Å². The van der Waals surface area contributed by atoms with Crippen LogP contribution in [0.15, 0.2) is 4.90 Å². The van der Waals surface area contributed by atoms with Crippen LogP contribution in [0.25, 0.3) is 0 Å². The standard InChI is InChI=1S/C11H18N4O4S/c1-14-9(12)8(20(2,18)19)10(13-14)15-5-3-7(4-6-15)11(16)17/h7H,3-6,12H2,1-2H3,(H,16,17). The Balaban J connectivity index is 2.32. The van der Waals surface area contributed by atoms with Crippen LogP contribution >= 0.6 is 0 Å². The number of nitrogens with two attached hydrogens (primary N) is 1. The quantitative estimate of drug-likeness (QED) is 0.787. The molecule has 0 aromatic carbocycles. The van der Waals surface area contributed by atoms with Gasteiger partial charge >= 0.3 is 5.97 Å². The minimum Gasteiger partial charge on any atom is -0.481 e. The number of aryl methyl sites for hydroxylation is 1. The van der Waals surface area contributed by atoms with Gasteiger partial charge < -0.3 is 15.7 Å². The Labute approximate surface area is 117 Å². The molecule has 0 atom stereocenters. The smallest absolute Gasteiger partial charge is 0.306 e. The highest BCUT2D eigenvalue weighted by atomic mass is 32.2. The van der Waals surface area contributed by atoms with Gasteiger partial charge in [0.1, 0.15) is 5.82 Å². The minimum atomic E-state index is -3.49. The Morgan fingerprint density at radius 1 is 1.40 bits per heavy atom. The van der Waals surface area contributed by atoms with E-state index in [0.717, 1.165) is 6.26 Å². The molecule has 0 saturated carbocycles. The number of rotatable bonds is 3. The van der Waals surface area contributed by atoms with E-state index in [4.69, 9.17) is 10.8 Å². The maximum absolute atomic E-state index is 11.8. The predicted molar refractivity (Wildman–Crippen MR) is 73.3 cm³/mol. The molecule has 0 spiro atoms. The number of carboxylic acid groups (broad SMARTS) is 1. The maximum Gasteiger partial charge on any atom is 0.306 e. The van der Waals surface area contributed by atoms with Gasteiger partial charge in [-0.15, -0.1) is 0 Å². The van der Waals surface area contributed by atoms with E-state index in [1.54, 1.807) is 11.9 Å². The lowest BCUT2D eigenvalue weighted by atomic mass is 9.97. The van der Waals surface area contributed by atoms with E-state index in [0.29, 0.717) is 31.7 Å². The fourth-order valence-corrected chi connectivity index (χ4v) is 3.42. The Bertz CT molecular complexity index is 629. The highest BCUT2D eigenvalue weighted by Crippen LogP contribution is 2.32. The molecule has 20 heavy (non-hydrogen) atoms. The van der Waals surface area contributed by atoms with Gasteiger partial charge in [0.05, 0.1) is 5.92 Å². The summed E-state index contributed by atoms with van der Waals surface area (Å²) < 4.78 is 25.0. The lowest BCUT2D eigenvalue weighted by molar-refractivity contribution is -0.142. The molecule has 9 heteroatoms. The molecule has 0 bridgehead atoms. The first kappa shape index (κ1) is 14.6. The zero-order valence-corrected chi connectivity index (χ0v) is 12.2. The number of nitrogens with zero attached hydrogens (tertiary/aromatic N) is 3. The number of sulfone groups is 1. The van der Waals surface area contributed by atoms with E-state index in [-0.39, 0.29) is 16.6 Å². The summed E-state index contributed by atoms with van der Waals surface area (Å²) in [6.07, 6.45) is 2.03. The fraction of sp³-hybridized carbons (Fsp3) is 0.636. The van der Waals surface area contributed by atoms with E-state index >= 15 is 0 Å². The number of aliphatic carboxylic acids is 1. The van der Waals surface area contributed by atoms with Gasteiger partial charge in [-0.3, -0.25) is 4.79 Å². The zero-order chi connectivity index (χ0) is 15.1. The largest absolute Gasteiger partial charge is 0.481 e. The summed E-state index contributed by atoms with van der Waals surface area (Å²) in [4.78, 5) is 12.7. The van der Waals surface area contributed by atoms with Gasteiger partial charge in [-0.05, 0) is 12.8 Å². The average molecular weight is 302 g/mol. The van der Waals surface area contributed by atoms with Crippen LogP contribution < -0.4 is 10.6 Å². The van der Waals surface area contributed by atoms with Crippen LogP contribution in [-0.4, -0.2) is 48.6 Å². The number of hydrogen-bond acceptors (Lipinski definition) is 6. The second-order valence-electron chi connectivity index (χ2n) is 5.03. The Kier molecular flexibility index (Phi) is 3.63. The molecule has 3 N–H and O–H groups in total. The highest BCUT2D eigenvalue weighted by Gasteiger charge is 2.31. The van der Waals surface area contributed by atoms with Gasteiger partial charge in [0, 0.05) is 26.4 Å². The lowest BCUT2D eigenvalue weighted by Crippen LogP contribution is -2.37. The van der Waals surface area contributed by atoms with Crippen LogP contribution in [0.1, 0.15) is 12.8 Å². The Hall–Kier alpha value is -1.77. The molecule has 1 aliphatic heterocycles. The summed E-state index contributed by atoms with van der Waals surface area (Å²) in [5.41, 5.74) is 5.77. The van der Waals surface area contributed by atoms with Crippen LogP contribution in [0.2, 0.25) is 0 Å². The van der Waals surface area contributed by atoms with Crippen molar-refractivity contribution in [3.05, 3.63) is 0 Å². The summed E-state index contributed by atoms with van der Waals surface area (Å²) in [6, 6.07) is 0. The predicted octanol–water partition coefficient (Wildman–Crippen LogP) is -0.293. The van der Waals surface area contributed by atoms with Gasteiger partial charge in [-0.1, -0.05) is 0 Å². The maximum atomic E-state index is 11.8. The van der Waals surface area contributed by atoms with E-state index in [9.17, 15) is 13.2 Å². The van der Waals surface area contributed by atoms with Crippen LogP contribution in [0.5, 0.6) is 0 Å². The number of aromatic nitrogens is 2. The van der Waals surface area contributed by atoms with Crippen molar-refractivity contribution >= 4 is 27.4 Å². The molecule has 2 heterocycles. The van der Waals surface area contributed by atoms with Crippen molar-refractivity contribution in [2.45, 2.75) is 17.7 Å². The van der Waals surface area contributed by atoms with Gasteiger partial charge in [0.15, 0.2) is 20.6 Å². The normalized spacial score (nSPS) is 17.4. The molecule has 1 aromatic rings. The van der Waals surface area contributed by atoms with E-state index in [1.165, 1.54) is 4.68 Å². The molecule has 0 aliphatic carbocycles. The molecule has 0 unspecified atom stereocenters. The van der Waals surface area contributed by atoms with Crippen molar-refractivity contribution in [1.82, 2.24) is 9.78 Å². The van der Waals surface area contributed by atoms with Gasteiger partial charge in [0.25, 0.3) is 0 Å². The number of carboxylic acids is 1. The first-order valence-corrected chi connectivity index (χ1v) is 8.11. The monoisotopic (exact) mass is 302 g/mol. The third-order valence-corrected chi connectivity index (χ3v) is 4.68. The van der Waals surface area contributed by atoms with Crippen molar-refractivity contribution in [2.75, 3.05) is 30.0 Å². The summed E-state index contributed by atoms with van der Waals surface area (Å²) in [5, 5.41) is 13.1. The molecule has 1 fully saturated rings. The van der Waals surface area contributed by atoms with Crippen molar-refractivity contribution in [3.8, 4) is 0 Å². The van der Waals surface area contributed by atoms with Crippen LogP contribution in [0.4, 0.5) is 11.6 Å². The van der Waals surface area contributed by atoms with Crippen molar-refractivity contribution in [1.29, 1.82) is 0 Å². The number of anilines is 2. The molecule has 112 valence electrons. The second kappa shape index (κ2) is 4.97. The van der Waals surface area contributed by atoms with Crippen molar-refractivity contribution in [3.63, 3.8) is 0 Å². The topological polar surface area (TPSA) is 119 Å². The first-order valence-electron chi connectivity index (χ1n) is 6.22. The number of nitrogen functional groups attached to an aromatic ring is 1. The van der Waals surface area contributed by atoms with Crippen molar-refractivity contribution in [2.24, 2.45) is 13.0 Å². The third-order valence-electron chi connectivity index (χ3n) is 3.54. The SMILES string of the molecule is Cn1nc(N2CCC(C(=O)O)CC2)c(S(C)(=O)=O)c1N. The first-order chi connectivity index (χ1) is 9.21. The van der Waals surface area contributed by atoms with E-state index in [2.05, 4.69) is 5.10 Å².